The summed E-state index contributed by atoms with van der Waals surface area (Å²) in [4.78, 5) is 14.8. The van der Waals surface area contributed by atoms with Crippen molar-refractivity contribution in [2.75, 3.05) is 7.11 Å². The van der Waals surface area contributed by atoms with E-state index in [-0.39, 0.29) is 0 Å². The Labute approximate surface area is 94.1 Å². The monoisotopic (exact) mass is 215 g/mol. The molecule has 82 valence electrons. The Bertz CT molecular complexity index is 508. The average molecular weight is 215 g/mol. The number of carbonyl (C=O) groups excluding carboxylic acids is 1. The van der Waals surface area contributed by atoms with Crippen LogP contribution >= 0.6 is 0 Å². The van der Waals surface area contributed by atoms with Crippen molar-refractivity contribution in [1.29, 1.82) is 0 Å². The first-order valence-corrected chi connectivity index (χ1v) is 5.21. The third kappa shape index (κ3) is 2.03. The van der Waals surface area contributed by atoms with E-state index >= 15 is 0 Å². The minimum Gasteiger partial charge on any atom is -0.494 e. The molecule has 0 N–H and O–H groups in total. The number of methoxy groups -OCH3 is 1. The molecule has 0 spiro atoms. The van der Waals surface area contributed by atoms with Gasteiger partial charge in [0.1, 0.15) is 17.6 Å². The Hall–Kier alpha value is -1.90. The maximum Gasteiger partial charge on any atom is 0.145 e. The van der Waals surface area contributed by atoms with Crippen LogP contribution in [0.25, 0.3) is 10.9 Å². The van der Waals surface area contributed by atoms with E-state index in [0.717, 1.165) is 28.6 Å². The van der Waals surface area contributed by atoms with Gasteiger partial charge in [0.15, 0.2) is 0 Å². The summed E-state index contributed by atoms with van der Waals surface area (Å²) in [6.45, 7) is 0. The van der Waals surface area contributed by atoms with Crippen molar-refractivity contribution in [3.8, 4) is 5.75 Å². The van der Waals surface area contributed by atoms with Gasteiger partial charge in [0.2, 0.25) is 0 Å². The Morgan fingerprint density at radius 3 is 2.94 bits per heavy atom. The highest BCUT2D eigenvalue weighted by atomic mass is 16.5. The van der Waals surface area contributed by atoms with Gasteiger partial charge in [-0.1, -0.05) is 18.2 Å². The van der Waals surface area contributed by atoms with E-state index < -0.39 is 0 Å². The van der Waals surface area contributed by atoms with Gasteiger partial charge in [0.05, 0.1) is 7.11 Å². The summed E-state index contributed by atoms with van der Waals surface area (Å²) in [6.07, 6.45) is 2.10. The number of fused-ring (bicyclic) bond motifs is 1. The summed E-state index contributed by atoms with van der Waals surface area (Å²) >= 11 is 0. The number of aromatic nitrogens is 1. The minimum atomic E-state index is 0.508. The Kier molecular flexibility index (Phi) is 3.15. The van der Waals surface area contributed by atoms with E-state index in [1.807, 2.05) is 30.3 Å². The van der Waals surface area contributed by atoms with Crippen LogP contribution in [-0.2, 0) is 11.2 Å². The number of benzene rings is 1. The fraction of sp³-hybridized carbons (Fsp3) is 0.231. The minimum absolute atomic E-state index is 0.508. The highest BCUT2D eigenvalue weighted by Crippen LogP contribution is 2.23. The summed E-state index contributed by atoms with van der Waals surface area (Å²) in [5, 5.41) is 1.05. The largest absolute Gasteiger partial charge is 0.494 e. The van der Waals surface area contributed by atoms with E-state index in [9.17, 15) is 4.79 Å². The van der Waals surface area contributed by atoms with E-state index in [0.29, 0.717) is 12.8 Å². The second-order valence-corrected chi connectivity index (χ2v) is 3.54. The maximum atomic E-state index is 10.3. The number of aryl methyl sites for hydroxylation is 1. The van der Waals surface area contributed by atoms with Gasteiger partial charge in [-0.3, -0.25) is 0 Å². The van der Waals surface area contributed by atoms with Crippen molar-refractivity contribution in [2.24, 2.45) is 0 Å². The Balaban J connectivity index is 2.46. The lowest BCUT2D eigenvalue weighted by Gasteiger charge is -2.05. The number of pyridine rings is 1. The van der Waals surface area contributed by atoms with Crippen molar-refractivity contribution in [3.63, 3.8) is 0 Å². The van der Waals surface area contributed by atoms with Crippen LogP contribution in [0.1, 0.15) is 12.1 Å². The van der Waals surface area contributed by atoms with Gasteiger partial charge in [-0.05, 0) is 18.6 Å². The zero-order valence-corrected chi connectivity index (χ0v) is 9.14. The fourth-order valence-electron chi connectivity index (χ4n) is 1.67. The number of ether oxygens (including phenoxy) is 1. The molecule has 0 saturated carbocycles. The Morgan fingerprint density at radius 1 is 1.31 bits per heavy atom. The summed E-state index contributed by atoms with van der Waals surface area (Å²) in [6, 6.07) is 9.78. The topological polar surface area (TPSA) is 39.2 Å². The molecule has 0 fully saturated rings. The zero-order valence-electron chi connectivity index (χ0n) is 9.14. The first-order chi connectivity index (χ1) is 7.85. The standard InChI is InChI=1S/C13H13NO2/c1-16-12-6-2-4-10-7-8-11(5-3-9-15)14-13(10)12/h2,4,6-9H,3,5H2,1H3. The number of hydrogen-bond donors (Lipinski definition) is 0. The van der Waals surface area contributed by atoms with Crippen LogP contribution in [0, 0.1) is 0 Å². The molecule has 2 rings (SSSR count). The van der Waals surface area contributed by atoms with Crippen LogP contribution in [0.3, 0.4) is 0 Å². The first kappa shape index (κ1) is 10.6. The zero-order chi connectivity index (χ0) is 11.4. The predicted molar refractivity (Wildman–Crippen MR) is 62.7 cm³/mol. The number of carbonyl (C=O) groups is 1. The lowest BCUT2D eigenvalue weighted by molar-refractivity contribution is -0.107. The van der Waals surface area contributed by atoms with Crippen LogP contribution in [-0.4, -0.2) is 18.4 Å². The van der Waals surface area contributed by atoms with Crippen molar-refractivity contribution >= 4 is 17.2 Å². The molecular weight excluding hydrogens is 202 g/mol. The van der Waals surface area contributed by atoms with Crippen molar-refractivity contribution in [2.45, 2.75) is 12.8 Å². The molecule has 2 aromatic rings. The number of hydrogen-bond acceptors (Lipinski definition) is 3. The van der Waals surface area contributed by atoms with Crippen LogP contribution < -0.4 is 4.74 Å². The quantitative estimate of drug-likeness (QED) is 0.735. The third-order valence-corrected chi connectivity index (χ3v) is 2.48. The molecule has 16 heavy (non-hydrogen) atoms. The van der Waals surface area contributed by atoms with E-state index in [1.165, 1.54) is 0 Å². The number of para-hydroxylation sites is 1. The van der Waals surface area contributed by atoms with Crippen LogP contribution in [0.15, 0.2) is 30.3 Å². The number of rotatable bonds is 4. The molecule has 0 amide bonds. The van der Waals surface area contributed by atoms with Gasteiger partial charge < -0.3 is 9.53 Å². The number of nitrogens with zero attached hydrogens (tertiary/aromatic N) is 1. The van der Waals surface area contributed by atoms with E-state index in [2.05, 4.69) is 4.98 Å². The van der Waals surface area contributed by atoms with Crippen molar-refractivity contribution in [1.82, 2.24) is 4.98 Å². The molecule has 0 bridgehead atoms. The second kappa shape index (κ2) is 4.75. The molecule has 0 saturated heterocycles. The van der Waals surface area contributed by atoms with Gasteiger partial charge in [-0.25, -0.2) is 4.98 Å². The molecule has 0 aliphatic rings. The first-order valence-electron chi connectivity index (χ1n) is 5.21. The molecule has 0 radical (unpaired) electrons. The maximum absolute atomic E-state index is 10.3. The van der Waals surface area contributed by atoms with Crippen molar-refractivity contribution < 1.29 is 9.53 Å². The fourth-order valence-corrected chi connectivity index (χ4v) is 1.67. The molecule has 1 aromatic heterocycles. The lowest BCUT2D eigenvalue weighted by atomic mass is 10.1. The second-order valence-electron chi connectivity index (χ2n) is 3.54. The molecule has 0 aliphatic carbocycles. The van der Waals surface area contributed by atoms with Gasteiger partial charge in [-0.2, -0.15) is 0 Å². The summed E-state index contributed by atoms with van der Waals surface area (Å²) in [5.74, 6) is 0.769. The molecule has 3 heteroatoms. The van der Waals surface area contributed by atoms with Gasteiger partial charge >= 0.3 is 0 Å². The molecule has 3 nitrogen and oxygen atoms in total. The molecule has 1 aromatic carbocycles. The highest BCUT2D eigenvalue weighted by Gasteiger charge is 2.03. The average Bonchev–Trinajstić information content (AvgIpc) is 2.35. The molecular formula is C13H13NO2. The summed E-state index contributed by atoms with van der Waals surface area (Å²) in [7, 11) is 1.63. The highest BCUT2D eigenvalue weighted by molar-refractivity contribution is 5.84. The SMILES string of the molecule is COc1cccc2ccc(CCC=O)nc12. The van der Waals surface area contributed by atoms with Crippen LogP contribution in [0.5, 0.6) is 5.75 Å². The van der Waals surface area contributed by atoms with Crippen LogP contribution in [0.4, 0.5) is 0 Å². The number of aldehydes is 1. The smallest absolute Gasteiger partial charge is 0.145 e. The normalized spacial score (nSPS) is 10.3. The van der Waals surface area contributed by atoms with Crippen LogP contribution in [0.2, 0.25) is 0 Å². The van der Waals surface area contributed by atoms with Gasteiger partial charge in [-0.15, -0.1) is 0 Å². The van der Waals surface area contributed by atoms with Gasteiger partial charge in [0, 0.05) is 17.5 Å². The third-order valence-electron chi connectivity index (χ3n) is 2.48. The molecule has 0 unspecified atom stereocenters. The summed E-state index contributed by atoms with van der Waals surface area (Å²) in [5.41, 5.74) is 1.78. The molecule has 0 aliphatic heterocycles. The predicted octanol–water partition coefficient (Wildman–Crippen LogP) is 2.37. The van der Waals surface area contributed by atoms with Gasteiger partial charge in [0.25, 0.3) is 0 Å². The van der Waals surface area contributed by atoms with E-state index in [1.54, 1.807) is 7.11 Å². The van der Waals surface area contributed by atoms with E-state index in [4.69, 9.17) is 4.74 Å². The molecule has 0 atom stereocenters. The lowest BCUT2D eigenvalue weighted by Crippen LogP contribution is -1.93. The van der Waals surface area contributed by atoms with Crippen molar-refractivity contribution in [3.05, 3.63) is 36.0 Å². The molecule has 1 heterocycles. The Morgan fingerprint density at radius 2 is 2.19 bits per heavy atom. The summed E-state index contributed by atoms with van der Waals surface area (Å²) < 4.78 is 5.25.